The van der Waals surface area contributed by atoms with Gasteiger partial charge in [0.1, 0.15) is 11.6 Å². The number of halogens is 1. The zero-order valence-electron chi connectivity index (χ0n) is 17.4. The van der Waals surface area contributed by atoms with Crippen molar-refractivity contribution in [1.82, 2.24) is 23.8 Å². The number of rotatable bonds is 3. The van der Waals surface area contributed by atoms with Crippen molar-refractivity contribution in [2.45, 2.75) is 32.9 Å². The molecule has 1 unspecified atom stereocenters. The molecule has 164 valence electrons. The zero-order valence-corrected chi connectivity index (χ0v) is 18.2. The van der Waals surface area contributed by atoms with Gasteiger partial charge in [0.15, 0.2) is 22.4 Å². The molecule has 1 atom stereocenters. The number of aryl methyl sites for hydroxylation is 1. The van der Waals surface area contributed by atoms with Crippen molar-refractivity contribution in [1.29, 1.82) is 0 Å². The highest BCUT2D eigenvalue weighted by Gasteiger charge is 2.39. The average Bonchev–Trinajstić information content (AvgIpc) is 3.45. The Balaban J connectivity index is 1.59. The van der Waals surface area contributed by atoms with Gasteiger partial charge in [-0.15, -0.1) is 0 Å². The van der Waals surface area contributed by atoms with E-state index >= 15 is 0 Å². The Labute approximate surface area is 186 Å². The molecule has 0 N–H and O–H groups in total. The first-order valence-electron chi connectivity index (χ1n) is 10.1. The molecule has 0 aliphatic carbocycles. The van der Waals surface area contributed by atoms with Crippen molar-refractivity contribution < 1.29 is 18.8 Å². The average molecular weight is 454 g/mol. The fraction of sp³-hybridized carbons (Fsp3) is 0.333. The van der Waals surface area contributed by atoms with Crippen LogP contribution in [0.4, 0.5) is 10.2 Å². The fourth-order valence-corrected chi connectivity index (χ4v) is 4.87. The Morgan fingerprint density at radius 2 is 1.91 bits per heavy atom. The summed E-state index contributed by atoms with van der Waals surface area (Å²) in [7, 11) is 0. The lowest BCUT2D eigenvalue weighted by molar-refractivity contribution is -0.121. The topological polar surface area (TPSA) is 101 Å². The largest absolute Gasteiger partial charge is 0.328 e. The molecular weight excluding hydrogens is 435 g/mol. The smallest absolute Gasteiger partial charge is 0.254 e. The SMILES string of the molecule is Cc1nsc(-c2nc(N3CC(=O)CC3=O)c3n2CCN(C(=O)c2ccc(F)cc2)C3C)n1. The van der Waals surface area contributed by atoms with Gasteiger partial charge < -0.3 is 9.47 Å². The van der Waals surface area contributed by atoms with Crippen LogP contribution in [-0.2, 0) is 16.1 Å². The number of Topliss-reactive ketones (excluding diaryl/α,β-unsaturated/α-hetero) is 1. The van der Waals surface area contributed by atoms with Crippen LogP contribution >= 0.6 is 11.5 Å². The summed E-state index contributed by atoms with van der Waals surface area (Å²) in [5, 5.41) is 0.610. The standard InChI is InChI=1S/C21H19FN6O3S/c1-11-17-18(28-10-15(29)9-16(28)30)24-19(20-23-12(2)25-32-20)27(17)8-7-26(11)21(31)13-3-5-14(22)6-4-13/h3-6,11H,7-10H2,1-2H3. The van der Waals surface area contributed by atoms with E-state index in [2.05, 4.69) is 9.36 Å². The molecule has 0 spiro atoms. The molecular formula is C21H19FN6O3S. The summed E-state index contributed by atoms with van der Waals surface area (Å²) in [6.07, 6.45) is -0.161. The number of anilines is 1. The molecule has 1 fully saturated rings. The van der Waals surface area contributed by atoms with Gasteiger partial charge >= 0.3 is 0 Å². The van der Waals surface area contributed by atoms with Crippen LogP contribution < -0.4 is 4.90 Å². The molecule has 5 rings (SSSR count). The molecule has 2 aromatic heterocycles. The molecule has 1 saturated heterocycles. The lowest BCUT2D eigenvalue weighted by atomic mass is 10.1. The van der Waals surface area contributed by atoms with E-state index < -0.39 is 11.9 Å². The van der Waals surface area contributed by atoms with Crippen LogP contribution in [0.3, 0.4) is 0 Å². The lowest BCUT2D eigenvalue weighted by Gasteiger charge is -2.36. The maximum atomic E-state index is 13.3. The summed E-state index contributed by atoms with van der Waals surface area (Å²) < 4.78 is 19.5. The maximum Gasteiger partial charge on any atom is 0.254 e. The molecule has 2 aliphatic heterocycles. The lowest BCUT2D eigenvalue weighted by Crippen LogP contribution is -2.42. The number of amides is 2. The van der Waals surface area contributed by atoms with Crippen LogP contribution in [-0.4, -0.2) is 54.5 Å². The van der Waals surface area contributed by atoms with Crippen molar-refractivity contribution in [3.63, 3.8) is 0 Å². The normalized spacial score (nSPS) is 18.4. The predicted molar refractivity (Wildman–Crippen MR) is 114 cm³/mol. The molecule has 0 saturated carbocycles. The van der Waals surface area contributed by atoms with Crippen LogP contribution in [0, 0.1) is 12.7 Å². The number of carbonyl (C=O) groups is 3. The minimum Gasteiger partial charge on any atom is -0.328 e. The van der Waals surface area contributed by atoms with Gasteiger partial charge in [-0.3, -0.25) is 19.3 Å². The summed E-state index contributed by atoms with van der Waals surface area (Å²) in [5.41, 5.74) is 1.04. The third-order valence-corrected chi connectivity index (χ3v) is 6.53. The number of imidazole rings is 1. The van der Waals surface area contributed by atoms with Gasteiger partial charge in [-0.05, 0) is 49.6 Å². The van der Waals surface area contributed by atoms with Crippen LogP contribution in [0.15, 0.2) is 24.3 Å². The second-order valence-electron chi connectivity index (χ2n) is 7.82. The first-order valence-corrected chi connectivity index (χ1v) is 10.9. The molecule has 0 radical (unpaired) electrons. The Morgan fingerprint density at radius 3 is 2.53 bits per heavy atom. The Kier molecular flexibility index (Phi) is 4.85. The Bertz CT molecular complexity index is 1250. The summed E-state index contributed by atoms with van der Waals surface area (Å²) in [6, 6.07) is 4.98. The molecule has 9 nitrogen and oxygen atoms in total. The Hall–Kier alpha value is -3.47. The number of ketones is 1. The van der Waals surface area contributed by atoms with Crippen LogP contribution in [0.5, 0.6) is 0 Å². The number of hydrogen-bond donors (Lipinski definition) is 0. The number of benzene rings is 1. The Morgan fingerprint density at radius 1 is 1.16 bits per heavy atom. The van der Waals surface area contributed by atoms with Gasteiger partial charge in [0.25, 0.3) is 5.91 Å². The third kappa shape index (κ3) is 3.29. The van der Waals surface area contributed by atoms with Crippen molar-refractivity contribution in [3.05, 3.63) is 47.2 Å². The van der Waals surface area contributed by atoms with E-state index in [9.17, 15) is 18.8 Å². The summed E-state index contributed by atoms with van der Waals surface area (Å²) in [6.45, 7) is 4.43. The molecule has 2 amide bonds. The molecule has 4 heterocycles. The molecule has 1 aromatic carbocycles. The van der Waals surface area contributed by atoms with Gasteiger partial charge in [0.05, 0.1) is 24.7 Å². The van der Waals surface area contributed by atoms with Crippen molar-refractivity contribution in [2.24, 2.45) is 0 Å². The van der Waals surface area contributed by atoms with E-state index in [0.717, 1.165) is 0 Å². The number of hydrogen-bond acceptors (Lipinski definition) is 7. The second-order valence-corrected chi connectivity index (χ2v) is 8.57. The van der Waals surface area contributed by atoms with Crippen molar-refractivity contribution in [3.8, 4) is 10.8 Å². The van der Waals surface area contributed by atoms with Gasteiger partial charge in [-0.1, -0.05) is 0 Å². The molecule has 0 bridgehead atoms. The van der Waals surface area contributed by atoms with E-state index in [4.69, 9.17) is 4.98 Å². The highest BCUT2D eigenvalue weighted by molar-refractivity contribution is 7.09. The highest BCUT2D eigenvalue weighted by atomic mass is 32.1. The summed E-state index contributed by atoms with van der Waals surface area (Å²) in [5.74, 6) is 0.406. The van der Waals surface area contributed by atoms with E-state index in [0.29, 0.717) is 46.8 Å². The number of nitrogens with zero attached hydrogens (tertiary/aromatic N) is 6. The van der Waals surface area contributed by atoms with Gasteiger partial charge in [0.2, 0.25) is 5.91 Å². The quantitative estimate of drug-likeness (QED) is 0.563. The van der Waals surface area contributed by atoms with Crippen LogP contribution in [0.2, 0.25) is 0 Å². The van der Waals surface area contributed by atoms with E-state index in [1.165, 1.54) is 40.7 Å². The zero-order chi connectivity index (χ0) is 22.6. The van der Waals surface area contributed by atoms with Gasteiger partial charge in [-0.2, -0.15) is 4.37 Å². The highest BCUT2D eigenvalue weighted by Crippen LogP contribution is 2.39. The first-order chi connectivity index (χ1) is 15.3. The first kappa shape index (κ1) is 20.4. The van der Waals surface area contributed by atoms with Gasteiger partial charge in [0, 0.05) is 18.7 Å². The molecule has 3 aromatic rings. The van der Waals surface area contributed by atoms with Crippen molar-refractivity contribution >= 4 is 34.9 Å². The number of aromatic nitrogens is 4. The van der Waals surface area contributed by atoms with Crippen LogP contribution in [0.1, 0.15) is 41.3 Å². The second kappa shape index (κ2) is 7.59. The fourth-order valence-electron chi connectivity index (χ4n) is 4.20. The molecule has 32 heavy (non-hydrogen) atoms. The maximum absolute atomic E-state index is 13.3. The third-order valence-electron chi connectivity index (χ3n) is 5.73. The minimum atomic E-state index is -0.435. The van der Waals surface area contributed by atoms with Gasteiger partial charge in [-0.25, -0.2) is 14.4 Å². The molecule has 11 heteroatoms. The van der Waals surface area contributed by atoms with Crippen LogP contribution in [0.25, 0.3) is 10.8 Å². The molecule has 2 aliphatic rings. The number of carbonyl (C=O) groups excluding carboxylic acids is 3. The minimum absolute atomic E-state index is 0.0456. The van der Waals surface area contributed by atoms with E-state index in [1.807, 2.05) is 11.5 Å². The monoisotopic (exact) mass is 454 g/mol. The van der Waals surface area contributed by atoms with E-state index in [-0.39, 0.29) is 30.6 Å². The number of fused-ring (bicyclic) bond motifs is 1. The predicted octanol–water partition coefficient (Wildman–Crippen LogP) is 2.37. The van der Waals surface area contributed by atoms with E-state index in [1.54, 1.807) is 11.8 Å². The summed E-state index contributed by atoms with van der Waals surface area (Å²) in [4.78, 5) is 49.8. The van der Waals surface area contributed by atoms with Crippen molar-refractivity contribution in [2.75, 3.05) is 18.0 Å². The summed E-state index contributed by atoms with van der Waals surface area (Å²) >= 11 is 1.21.